The minimum absolute atomic E-state index is 0.0167. The van der Waals surface area contributed by atoms with Crippen LogP contribution in [0, 0.1) is 11.7 Å². The summed E-state index contributed by atoms with van der Waals surface area (Å²) < 4.78 is 14.9. The Morgan fingerprint density at radius 3 is 2.33 bits per heavy atom. The van der Waals surface area contributed by atoms with Crippen LogP contribution in [0.5, 0.6) is 0 Å². The summed E-state index contributed by atoms with van der Waals surface area (Å²) in [6, 6.07) is 13.2. The maximum atomic E-state index is 14.9. The van der Waals surface area contributed by atoms with Gasteiger partial charge < -0.3 is 26.0 Å². The van der Waals surface area contributed by atoms with Gasteiger partial charge in [0.1, 0.15) is 5.82 Å². The Morgan fingerprint density at radius 1 is 0.979 bits per heavy atom. The number of aromatic nitrogens is 3. The number of primary amides is 1. The van der Waals surface area contributed by atoms with Crippen LogP contribution >= 0.6 is 0 Å². The topological polar surface area (TPSA) is 138 Å². The van der Waals surface area contributed by atoms with Gasteiger partial charge in [-0.05, 0) is 120 Å². The quantitative estimate of drug-likeness (QED) is 0.222. The molecule has 3 heterocycles. The molecular weight excluding hydrogens is 609 g/mol. The SMILES string of the molecule is C[C@@H]1[C@H](CC(=O)c2ccc(C(C)(C)O)cc2F)CCCN1c1nnc(C(N)=O)c(Nc2ccc(C3CCN(C4CCCC4)CC3)cc2)n1. The van der Waals surface area contributed by atoms with Gasteiger partial charge in [-0.25, -0.2) is 4.39 Å². The minimum Gasteiger partial charge on any atom is -0.386 e. The Balaban J connectivity index is 1.12. The van der Waals surface area contributed by atoms with E-state index in [4.69, 9.17) is 10.7 Å². The van der Waals surface area contributed by atoms with Crippen molar-refractivity contribution in [3.8, 4) is 0 Å². The molecule has 2 aliphatic heterocycles. The first-order chi connectivity index (χ1) is 23.0. The molecule has 1 amide bonds. The zero-order chi connectivity index (χ0) is 34.0. The van der Waals surface area contributed by atoms with Crippen molar-refractivity contribution in [2.75, 3.05) is 29.9 Å². The Morgan fingerprint density at radius 2 is 1.69 bits per heavy atom. The highest BCUT2D eigenvalue weighted by atomic mass is 19.1. The van der Waals surface area contributed by atoms with Gasteiger partial charge in [-0.1, -0.05) is 31.0 Å². The first kappa shape index (κ1) is 33.9. The van der Waals surface area contributed by atoms with Crippen LogP contribution in [-0.2, 0) is 5.60 Å². The van der Waals surface area contributed by atoms with Crippen LogP contribution in [0.1, 0.15) is 116 Å². The third kappa shape index (κ3) is 7.52. The second kappa shape index (κ2) is 14.3. The van der Waals surface area contributed by atoms with Gasteiger partial charge >= 0.3 is 0 Å². The highest BCUT2D eigenvalue weighted by molar-refractivity contribution is 5.97. The number of nitrogens with zero attached hydrogens (tertiary/aromatic N) is 5. The predicted molar refractivity (Wildman–Crippen MR) is 184 cm³/mol. The molecule has 1 saturated carbocycles. The molecule has 1 aliphatic carbocycles. The zero-order valence-electron chi connectivity index (χ0n) is 28.3. The largest absolute Gasteiger partial charge is 0.386 e. The van der Waals surface area contributed by atoms with E-state index in [0.29, 0.717) is 24.0 Å². The summed E-state index contributed by atoms with van der Waals surface area (Å²) in [6.45, 7) is 8.11. The van der Waals surface area contributed by atoms with Crippen molar-refractivity contribution in [2.45, 2.75) is 102 Å². The molecule has 0 unspecified atom stereocenters. The number of rotatable bonds is 10. The van der Waals surface area contributed by atoms with Crippen LogP contribution in [0.4, 0.5) is 21.8 Å². The highest BCUT2D eigenvalue weighted by Crippen LogP contribution is 2.34. The van der Waals surface area contributed by atoms with E-state index < -0.39 is 17.3 Å². The smallest absolute Gasteiger partial charge is 0.273 e. The fourth-order valence-corrected chi connectivity index (χ4v) is 7.78. The molecule has 2 atom stereocenters. The molecule has 3 aromatic rings. The number of nitrogens with two attached hydrogens (primary N) is 1. The van der Waals surface area contributed by atoms with E-state index in [2.05, 4.69) is 32.5 Å². The molecule has 3 fully saturated rings. The number of carbonyl (C=O) groups excluding carboxylic acids is 2. The number of halogens is 1. The van der Waals surface area contributed by atoms with Gasteiger partial charge in [0.25, 0.3) is 5.91 Å². The summed E-state index contributed by atoms with van der Waals surface area (Å²) in [5.41, 5.74) is 6.91. The fourth-order valence-electron chi connectivity index (χ4n) is 7.78. The van der Waals surface area contributed by atoms with E-state index >= 15 is 0 Å². The molecule has 48 heavy (non-hydrogen) atoms. The number of hydrogen-bond acceptors (Lipinski definition) is 9. The molecule has 0 bridgehead atoms. The second-order valence-corrected chi connectivity index (χ2v) is 14.4. The maximum Gasteiger partial charge on any atom is 0.273 e. The first-order valence-electron chi connectivity index (χ1n) is 17.5. The molecular formula is C37H48FN7O3. The summed E-state index contributed by atoms with van der Waals surface area (Å²) in [4.78, 5) is 34.9. The number of aliphatic hydroxyl groups is 1. The molecule has 11 heteroatoms. The molecule has 0 radical (unpaired) electrons. The lowest BCUT2D eigenvalue weighted by molar-refractivity contribution is 0.0779. The Kier molecular flexibility index (Phi) is 10.1. The van der Waals surface area contributed by atoms with Crippen molar-refractivity contribution < 1.29 is 19.1 Å². The molecule has 256 valence electrons. The summed E-state index contributed by atoms with van der Waals surface area (Å²) in [5, 5.41) is 21.9. The number of piperidine rings is 2. The van der Waals surface area contributed by atoms with E-state index in [0.717, 1.165) is 50.5 Å². The van der Waals surface area contributed by atoms with Gasteiger partial charge in [-0.2, -0.15) is 4.98 Å². The number of amides is 1. The number of benzene rings is 2. The van der Waals surface area contributed by atoms with Gasteiger partial charge in [0.2, 0.25) is 5.95 Å². The molecule has 10 nitrogen and oxygen atoms in total. The molecule has 0 spiro atoms. The minimum atomic E-state index is -1.21. The zero-order valence-corrected chi connectivity index (χ0v) is 28.3. The summed E-state index contributed by atoms with van der Waals surface area (Å²) in [7, 11) is 0. The van der Waals surface area contributed by atoms with Crippen LogP contribution in [0.2, 0.25) is 0 Å². The number of Topliss-reactive ketones (excluding diaryl/α,β-unsaturated/α-hetero) is 1. The predicted octanol–water partition coefficient (Wildman–Crippen LogP) is 6.08. The van der Waals surface area contributed by atoms with Crippen molar-refractivity contribution in [1.82, 2.24) is 20.1 Å². The van der Waals surface area contributed by atoms with Crippen LogP contribution in [0.3, 0.4) is 0 Å². The van der Waals surface area contributed by atoms with E-state index in [1.807, 2.05) is 24.0 Å². The maximum absolute atomic E-state index is 14.9. The standard InChI is InChI=1S/C37H48FN7O3/c1-23-26(21-32(46)30-15-12-27(22-31(30)38)37(2,3)48)7-6-18-45(23)36-41-35(33(34(39)47)42-43-36)40-28-13-10-24(11-14-28)25-16-19-44(20-17-25)29-8-4-5-9-29/h10-15,22-23,25-26,29,48H,4-9,16-21H2,1-3H3,(H2,39,47)(H,40,41,43)/t23-,26+/m1/s1. The summed E-state index contributed by atoms with van der Waals surface area (Å²) in [5.74, 6) is -0.641. The number of likely N-dealkylation sites (tertiary alicyclic amines) is 1. The van der Waals surface area contributed by atoms with Crippen molar-refractivity contribution in [3.05, 3.63) is 70.7 Å². The summed E-state index contributed by atoms with van der Waals surface area (Å²) in [6.07, 6.45) is 9.47. The van der Waals surface area contributed by atoms with E-state index in [1.165, 1.54) is 43.4 Å². The normalized spacial score (nSPS) is 21.4. The van der Waals surface area contributed by atoms with E-state index in [-0.39, 0.29) is 41.2 Å². The average molecular weight is 658 g/mol. The van der Waals surface area contributed by atoms with Crippen molar-refractivity contribution >= 4 is 29.1 Å². The number of anilines is 3. The molecule has 1 aromatic heterocycles. The third-order valence-electron chi connectivity index (χ3n) is 10.8. The summed E-state index contributed by atoms with van der Waals surface area (Å²) >= 11 is 0. The highest BCUT2D eigenvalue weighted by Gasteiger charge is 2.33. The van der Waals surface area contributed by atoms with Crippen molar-refractivity contribution in [1.29, 1.82) is 0 Å². The fraction of sp³-hybridized carbons (Fsp3) is 0.541. The van der Waals surface area contributed by atoms with Gasteiger partial charge in [-0.15, -0.1) is 10.2 Å². The van der Waals surface area contributed by atoms with Gasteiger partial charge in [0, 0.05) is 30.7 Å². The monoisotopic (exact) mass is 657 g/mol. The van der Waals surface area contributed by atoms with Gasteiger partial charge in [-0.3, -0.25) is 9.59 Å². The van der Waals surface area contributed by atoms with Crippen LogP contribution < -0.4 is 16.0 Å². The van der Waals surface area contributed by atoms with Crippen LogP contribution in [0.15, 0.2) is 42.5 Å². The molecule has 2 aromatic carbocycles. The first-order valence-corrected chi connectivity index (χ1v) is 17.5. The molecule has 4 N–H and O–H groups in total. The average Bonchev–Trinajstić information content (AvgIpc) is 3.61. The number of carbonyl (C=O) groups is 2. The lowest BCUT2D eigenvalue weighted by Crippen LogP contribution is -2.45. The Hall–Kier alpha value is -3.96. The van der Waals surface area contributed by atoms with E-state index in [9.17, 15) is 19.1 Å². The van der Waals surface area contributed by atoms with Crippen LogP contribution in [0.25, 0.3) is 0 Å². The lowest BCUT2D eigenvalue weighted by Gasteiger charge is -2.39. The van der Waals surface area contributed by atoms with Crippen molar-refractivity contribution in [2.24, 2.45) is 11.7 Å². The third-order valence-corrected chi connectivity index (χ3v) is 10.8. The Bertz CT molecular complexity index is 1610. The van der Waals surface area contributed by atoms with Crippen LogP contribution in [-0.4, -0.2) is 68.6 Å². The molecule has 3 aliphatic rings. The Labute approximate surface area is 282 Å². The number of nitrogens with one attached hydrogen (secondary N) is 1. The second-order valence-electron chi connectivity index (χ2n) is 14.4. The molecule has 6 rings (SSSR count). The van der Waals surface area contributed by atoms with Gasteiger partial charge in [0.15, 0.2) is 17.3 Å². The van der Waals surface area contributed by atoms with E-state index in [1.54, 1.807) is 19.9 Å². The number of ketones is 1. The van der Waals surface area contributed by atoms with Crippen molar-refractivity contribution in [3.63, 3.8) is 0 Å². The number of hydrogen-bond donors (Lipinski definition) is 3. The molecule has 2 saturated heterocycles. The lowest BCUT2D eigenvalue weighted by atomic mass is 9.84. The van der Waals surface area contributed by atoms with Gasteiger partial charge in [0.05, 0.1) is 11.2 Å².